The molecule has 4 nitrogen and oxygen atoms in total. The van der Waals surface area contributed by atoms with Crippen LogP contribution in [0.3, 0.4) is 0 Å². The molecular formula is C15H18N2O2. The first-order valence-corrected chi connectivity index (χ1v) is 6.33. The fraction of sp³-hybridized carbons (Fsp3) is 0.333. The quantitative estimate of drug-likeness (QED) is 0.896. The number of aryl methyl sites for hydroxylation is 3. The first kappa shape index (κ1) is 13.3. The van der Waals surface area contributed by atoms with Gasteiger partial charge in [-0.3, -0.25) is 4.79 Å². The van der Waals surface area contributed by atoms with Gasteiger partial charge in [0.2, 0.25) is 0 Å². The van der Waals surface area contributed by atoms with Gasteiger partial charge in [0, 0.05) is 25.9 Å². The molecule has 1 N–H and O–H groups in total. The molecule has 0 spiro atoms. The van der Waals surface area contributed by atoms with Gasteiger partial charge in [0.15, 0.2) is 0 Å². The van der Waals surface area contributed by atoms with Gasteiger partial charge in [0.25, 0.3) is 0 Å². The molecule has 1 aromatic heterocycles. The standard InChI is InChI=1S/C15H18N2O2/c1-11-3-5-12(6-4-11)13(15(18)19)7-8-14-16-9-10-17(14)2/h3-6,9-10,13H,7-8H2,1-2H3,(H,18,19). The van der Waals surface area contributed by atoms with Crippen molar-refractivity contribution in [1.29, 1.82) is 0 Å². The predicted molar refractivity (Wildman–Crippen MR) is 73.1 cm³/mol. The lowest BCUT2D eigenvalue weighted by atomic mass is 9.93. The first-order chi connectivity index (χ1) is 9.08. The number of rotatable bonds is 5. The number of hydrogen-bond acceptors (Lipinski definition) is 2. The Balaban J connectivity index is 2.11. The molecule has 0 aliphatic carbocycles. The Labute approximate surface area is 112 Å². The van der Waals surface area contributed by atoms with Crippen LogP contribution in [0.5, 0.6) is 0 Å². The fourth-order valence-electron chi connectivity index (χ4n) is 2.14. The highest BCUT2D eigenvalue weighted by Gasteiger charge is 2.20. The van der Waals surface area contributed by atoms with Crippen LogP contribution in [0.15, 0.2) is 36.7 Å². The summed E-state index contributed by atoms with van der Waals surface area (Å²) >= 11 is 0. The van der Waals surface area contributed by atoms with Gasteiger partial charge in [-0.2, -0.15) is 0 Å². The molecule has 100 valence electrons. The zero-order valence-electron chi connectivity index (χ0n) is 11.2. The number of aromatic nitrogens is 2. The highest BCUT2D eigenvalue weighted by Crippen LogP contribution is 2.22. The molecule has 0 aliphatic heterocycles. The van der Waals surface area contributed by atoms with E-state index in [1.807, 2.05) is 49.0 Å². The Morgan fingerprint density at radius 1 is 1.37 bits per heavy atom. The lowest BCUT2D eigenvalue weighted by Gasteiger charge is -2.13. The second kappa shape index (κ2) is 5.69. The number of carboxylic acids is 1. The van der Waals surface area contributed by atoms with Gasteiger partial charge in [-0.05, 0) is 18.9 Å². The van der Waals surface area contributed by atoms with Crippen molar-refractivity contribution >= 4 is 5.97 Å². The molecule has 0 aliphatic rings. The topological polar surface area (TPSA) is 55.1 Å². The van der Waals surface area contributed by atoms with Gasteiger partial charge >= 0.3 is 5.97 Å². The minimum Gasteiger partial charge on any atom is -0.481 e. The molecule has 0 amide bonds. The molecule has 0 saturated heterocycles. The molecule has 0 saturated carbocycles. The van der Waals surface area contributed by atoms with Crippen LogP contribution in [-0.4, -0.2) is 20.6 Å². The molecule has 1 heterocycles. The van der Waals surface area contributed by atoms with E-state index in [1.165, 1.54) is 0 Å². The first-order valence-electron chi connectivity index (χ1n) is 6.33. The third-order valence-corrected chi connectivity index (χ3v) is 3.36. The van der Waals surface area contributed by atoms with E-state index < -0.39 is 11.9 Å². The van der Waals surface area contributed by atoms with Crippen molar-refractivity contribution in [2.45, 2.75) is 25.7 Å². The summed E-state index contributed by atoms with van der Waals surface area (Å²) in [7, 11) is 1.92. The van der Waals surface area contributed by atoms with Crippen LogP contribution in [0.2, 0.25) is 0 Å². The van der Waals surface area contributed by atoms with E-state index in [0.717, 1.165) is 17.0 Å². The molecule has 4 heteroatoms. The van der Waals surface area contributed by atoms with Crippen molar-refractivity contribution in [1.82, 2.24) is 9.55 Å². The number of benzene rings is 1. The molecule has 1 aromatic carbocycles. The highest BCUT2D eigenvalue weighted by molar-refractivity contribution is 5.76. The van der Waals surface area contributed by atoms with E-state index >= 15 is 0 Å². The minimum absolute atomic E-state index is 0.475. The maximum absolute atomic E-state index is 11.4. The fourth-order valence-corrected chi connectivity index (χ4v) is 2.14. The van der Waals surface area contributed by atoms with Crippen LogP contribution in [0.1, 0.15) is 29.3 Å². The lowest BCUT2D eigenvalue weighted by molar-refractivity contribution is -0.139. The normalized spacial score (nSPS) is 12.3. The Bertz CT molecular complexity index is 558. The molecule has 1 atom stereocenters. The number of nitrogens with zero attached hydrogens (tertiary/aromatic N) is 2. The van der Waals surface area contributed by atoms with Crippen molar-refractivity contribution in [3.8, 4) is 0 Å². The maximum Gasteiger partial charge on any atom is 0.310 e. The Morgan fingerprint density at radius 2 is 2.05 bits per heavy atom. The van der Waals surface area contributed by atoms with Crippen LogP contribution in [0, 0.1) is 6.92 Å². The van der Waals surface area contributed by atoms with Crippen molar-refractivity contribution in [3.63, 3.8) is 0 Å². The Hall–Kier alpha value is -2.10. The second-order valence-corrected chi connectivity index (χ2v) is 4.79. The summed E-state index contributed by atoms with van der Waals surface area (Å²) in [4.78, 5) is 15.6. The molecule has 1 unspecified atom stereocenters. The zero-order chi connectivity index (χ0) is 13.8. The second-order valence-electron chi connectivity index (χ2n) is 4.79. The molecular weight excluding hydrogens is 240 g/mol. The summed E-state index contributed by atoms with van der Waals surface area (Å²) in [5.41, 5.74) is 1.99. The number of carbonyl (C=O) groups is 1. The lowest BCUT2D eigenvalue weighted by Crippen LogP contribution is -2.13. The molecule has 19 heavy (non-hydrogen) atoms. The van der Waals surface area contributed by atoms with E-state index in [2.05, 4.69) is 4.98 Å². The molecule has 0 bridgehead atoms. The van der Waals surface area contributed by atoms with Crippen LogP contribution in [0.25, 0.3) is 0 Å². The average molecular weight is 258 g/mol. The van der Waals surface area contributed by atoms with E-state index in [-0.39, 0.29) is 0 Å². The van der Waals surface area contributed by atoms with E-state index in [4.69, 9.17) is 0 Å². The van der Waals surface area contributed by atoms with Crippen molar-refractivity contribution in [2.24, 2.45) is 7.05 Å². The van der Waals surface area contributed by atoms with Gasteiger partial charge in [-0.1, -0.05) is 29.8 Å². The van der Waals surface area contributed by atoms with Crippen LogP contribution in [-0.2, 0) is 18.3 Å². The number of carboxylic acid groups (broad SMARTS) is 1. The SMILES string of the molecule is Cc1ccc(C(CCc2nccn2C)C(=O)O)cc1. The maximum atomic E-state index is 11.4. The predicted octanol–water partition coefficient (Wildman–Crippen LogP) is 2.53. The summed E-state index contributed by atoms with van der Waals surface area (Å²) < 4.78 is 1.92. The molecule has 0 fully saturated rings. The van der Waals surface area contributed by atoms with Crippen LogP contribution < -0.4 is 0 Å². The van der Waals surface area contributed by atoms with Gasteiger partial charge in [0.1, 0.15) is 5.82 Å². The summed E-state index contributed by atoms with van der Waals surface area (Å²) in [6.07, 6.45) is 4.82. The molecule has 2 rings (SSSR count). The number of hydrogen-bond donors (Lipinski definition) is 1. The minimum atomic E-state index is -0.780. The van der Waals surface area contributed by atoms with Gasteiger partial charge in [-0.25, -0.2) is 4.98 Å². The van der Waals surface area contributed by atoms with Gasteiger partial charge in [0.05, 0.1) is 5.92 Å². The van der Waals surface area contributed by atoms with Crippen LogP contribution in [0.4, 0.5) is 0 Å². The summed E-state index contributed by atoms with van der Waals surface area (Å²) in [6, 6.07) is 7.69. The molecule has 0 radical (unpaired) electrons. The third-order valence-electron chi connectivity index (χ3n) is 3.36. The highest BCUT2D eigenvalue weighted by atomic mass is 16.4. The summed E-state index contributed by atoms with van der Waals surface area (Å²) in [5.74, 6) is -0.339. The van der Waals surface area contributed by atoms with Crippen LogP contribution >= 0.6 is 0 Å². The van der Waals surface area contributed by atoms with Gasteiger partial charge < -0.3 is 9.67 Å². The van der Waals surface area contributed by atoms with Crippen molar-refractivity contribution < 1.29 is 9.90 Å². The van der Waals surface area contributed by atoms with E-state index in [1.54, 1.807) is 6.20 Å². The monoisotopic (exact) mass is 258 g/mol. The van der Waals surface area contributed by atoms with E-state index in [0.29, 0.717) is 12.8 Å². The van der Waals surface area contributed by atoms with E-state index in [9.17, 15) is 9.90 Å². The van der Waals surface area contributed by atoms with Crippen molar-refractivity contribution in [3.05, 3.63) is 53.6 Å². The van der Waals surface area contributed by atoms with Crippen molar-refractivity contribution in [2.75, 3.05) is 0 Å². The van der Waals surface area contributed by atoms with Gasteiger partial charge in [-0.15, -0.1) is 0 Å². The summed E-state index contributed by atoms with van der Waals surface area (Å²) in [6.45, 7) is 1.99. The largest absolute Gasteiger partial charge is 0.481 e. The zero-order valence-corrected chi connectivity index (χ0v) is 11.2. The average Bonchev–Trinajstić information content (AvgIpc) is 2.77. The Kier molecular flexibility index (Phi) is 4.00. The summed E-state index contributed by atoms with van der Waals surface area (Å²) in [5, 5.41) is 9.37. The smallest absolute Gasteiger partial charge is 0.310 e. The number of aliphatic carboxylic acids is 1. The Morgan fingerprint density at radius 3 is 2.58 bits per heavy atom. The molecule has 2 aromatic rings. The third kappa shape index (κ3) is 3.22. The number of imidazole rings is 1.